The molecule has 0 saturated carbocycles. The van der Waals surface area contributed by atoms with E-state index < -0.39 is 6.04 Å². The second kappa shape index (κ2) is 7.13. The molecule has 0 bridgehead atoms. The minimum Gasteiger partial charge on any atom is -0.380 e. The van der Waals surface area contributed by atoms with Gasteiger partial charge in [-0.25, -0.2) is 0 Å². The molecule has 4 heteroatoms. The van der Waals surface area contributed by atoms with Gasteiger partial charge in [-0.05, 0) is 26.3 Å². The van der Waals surface area contributed by atoms with Crippen molar-refractivity contribution in [3.8, 4) is 0 Å². The van der Waals surface area contributed by atoms with Crippen LogP contribution in [0.4, 0.5) is 0 Å². The first kappa shape index (κ1) is 14.7. The van der Waals surface area contributed by atoms with Crippen molar-refractivity contribution in [3.05, 3.63) is 35.4 Å². The molecule has 0 spiro atoms. The fraction of sp³-hybridized carbons (Fsp3) is 0.500. The number of benzene rings is 1. The normalized spacial score (nSPS) is 14.0. The van der Waals surface area contributed by atoms with Gasteiger partial charge in [0, 0.05) is 12.6 Å². The highest BCUT2D eigenvalue weighted by Gasteiger charge is 2.17. The van der Waals surface area contributed by atoms with Gasteiger partial charge in [0.1, 0.15) is 6.04 Å². The maximum Gasteiger partial charge on any atom is 0.241 e. The lowest BCUT2D eigenvalue weighted by atomic mass is 10.1. The predicted molar refractivity (Wildman–Crippen MR) is 72.2 cm³/mol. The zero-order chi connectivity index (χ0) is 13.5. The second-order valence-corrected chi connectivity index (χ2v) is 4.46. The molecule has 0 aromatic heterocycles. The number of rotatable bonds is 6. The summed E-state index contributed by atoms with van der Waals surface area (Å²) < 4.78 is 5.24. The summed E-state index contributed by atoms with van der Waals surface area (Å²) in [6.07, 6.45) is 0. The van der Waals surface area contributed by atoms with E-state index in [0.29, 0.717) is 13.2 Å². The first-order chi connectivity index (χ1) is 8.54. The minimum atomic E-state index is -0.630. The van der Waals surface area contributed by atoms with Gasteiger partial charge in [-0.15, -0.1) is 0 Å². The Hall–Kier alpha value is -1.39. The maximum atomic E-state index is 11.9. The van der Waals surface area contributed by atoms with Crippen molar-refractivity contribution in [1.82, 2.24) is 5.32 Å². The van der Waals surface area contributed by atoms with Crippen molar-refractivity contribution in [2.24, 2.45) is 5.73 Å². The van der Waals surface area contributed by atoms with Crippen LogP contribution in [0.3, 0.4) is 0 Å². The van der Waals surface area contributed by atoms with Crippen molar-refractivity contribution >= 4 is 5.91 Å². The lowest BCUT2D eigenvalue weighted by molar-refractivity contribution is -0.123. The number of nitrogens with one attached hydrogen (secondary N) is 1. The number of hydrogen-bond donors (Lipinski definition) is 2. The zero-order valence-corrected chi connectivity index (χ0v) is 11.3. The highest BCUT2D eigenvalue weighted by molar-refractivity contribution is 5.83. The Kier molecular flexibility index (Phi) is 5.82. The van der Waals surface area contributed by atoms with Gasteiger partial charge >= 0.3 is 0 Å². The molecule has 18 heavy (non-hydrogen) atoms. The first-order valence-corrected chi connectivity index (χ1v) is 6.24. The molecule has 100 valence electrons. The first-order valence-electron chi connectivity index (χ1n) is 6.24. The third-order valence-electron chi connectivity index (χ3n) is 2.68. The molecule has 1 amide bonds. The molecule has 1 aromatic rings. The number of hydrogen-bond acceptors (Lipinski definition) is 3. The highest BCUT2D eigenvalue weighted by atomic mass is 16.5. The van der Waals surface area contributed by atoms with E-state index in [1.807, 2.05) is 45.0 Å². The van der Waals surface area contributed by atoms with Crippen molar-refractivity contribution in [3.63, 3.8) is 0 Å². The quantitative estimate of drug-likeness (QED) is 0.805. The fourth-order valence-electron chi connectivity index (χ4n) is 1.59. The summed E-state index contributed by atoms with van der Waals surface area (Å²) in [5, 5.41) is 2.84. The molecule has 0 aliphatic heterocycles. The van der Waals surface area contributed by atoms with Gasteiger partial charge in [0.2, 0.25) is 5.91 Å². The Morgan fingerprint density at radius 2 is 2.00 bits per heavy atom. The van der Waals surface area contributed by atoms with E-state index in [-0.39, 0.29) is 11.9 Å². The molecule has 1 rings (SSSR count). The van der Waals surface area contributed by atoms with Gasteiger partial charge in [0.05, 0.1) is 6.61 Å². The van der Waals surface area contributed by atoms with E-state index in [1.54, 1.807) is 0 Å². The molecule has 3 N–H and O–H groups in total. The summed E-state index contributed by atoms with van der Waals surface area (Å²) in [6.45, 7) is 6.97. The zero-order valence-electron chi connectivity index (χ0n) is 11.3. The lowest BCUT2D eigenvalue weighted by Crippen LogP contribution is -2.41. The second-order valence-electron chi connectivity index (χ2n) is 4.46. The van der Waals surface area contributed by atoms with Gasteiger partial charge in [-0.3, -0.25) is 4.79 Å². The van der Waals surface area contributed by atoms with E-state index in [0.717, 1.165) is 11.1 Å². The van der Waals surface area contributed by atoms with Crippen LogP contribution >= 0.6 is 0 Å². The molecule has 0 aliphatic rings. The standard InChI is InChI=1S/C14H22N2O2/c1-4-18-9-11(3)16-14(17)13(15)12-7-5-10(2)6-8-12/h5-8,11,13H,4,9,15H2,1-3H3,(H,16,17). The largest absolute Gasteiger partial charge is 0.380 e. The molecule has 2 atom stereocenters. The van der Waals surface area contributed by atoms with Crippen LogP contribution in [-0.4, -0.2) is 25.2 Å². The molecule has 2 unspecified atom stereocenters. The van der Waals surface area contributed by atoms with Gasteiger partial charge in [0.25, 0.3) is 0 Å². The number of carbonyl (C=O) groups excluding carboxylic acids is 1. The van der Waals surface area contributed by atoms with Crippen molar-refractivity contribution in [2.75, 3.05) is 13.2 Å². The summed E-state index contributed by atoms with van der Waals surface area (Å²) in [4.78, 5) is 11.9. The monoisotopic (exact) mass is 250 g/mol. The summed E-state index contributed by atoms with van der Waals surface area (Å²) in [6, 6.07) is 7.00. The average molecular weight is 250 g/mol. The summed E-state index contributed by atoms with van der Waals surface area (Å²) >= 11 is 0. The Morgan fingerprint density at radius 1 is 1.39 bits per heavy atom. The molecular weight excluding hydrogens is 228 g/mol. The van der Waals surface area contributed by atoms with Crippen LogP contribution in [0.2, 0.25) is 0 Å². The van der Waals surface area contributed by atoms with Crippen LogP contribution in [0.25, 0.3) is 0 Å². The maximum absolute atomic E-state index is 11.9. The smallest absolute Gasteiger partial charge is 0.241 e. The highest BCUT2D eigenvalue weighted by Crippen LogP contribution is 2.11. The van der Waals surface area contributed by atoms with Crippen LogP contribution in [0.1, 0.15) is 31.0 Å². The van der Waals surface area contributed by atoms with Crippen LogP contribution < -0.4 is 11.1 Å². The summed E-state index contributed by atoms with van der Waals surface area (Å²) in [5.41, 5.74) is 7.88. The Labute approximate surface area is 109 Å². The number of ether oxygens (including phenoxy) is 1. The third kappa shape index (κ3) is 4.47. The van der Waals surface area contributed by atoms with E-state index in [1.165, 1.54) is 0 Å². The summed E-state index contributed by atoms with van der Waals surface area (Å²) in [7, 11) is 0. The average Bonchev–Trinajstić information content (AvgIpc) is 2.36. The fourth-order valence-corrected chi connectivity index (χ4v) is 1.59. The van der Waals surface area contributed by atoms with E-state index in [4.69, 9.17) is 10.5 Å². The van der Waals surface area contributed by atoms with Gasteiger partial charge in [-0.2, -0.15) is 0 Å². The predicted octanol–water partition coefficient (Wildman–Crippen LogP) is 1.54. The Morgan fingerprint density at radius 3 is 2.56 bits per heavy atom. The van der Waals surface area contributed by atoms with Crippen LogP contribution in [0.15, 0.2) is 24.3 Å². The van der Waals surface area contributed by atoms with E-state index in [9.17, 15) is 4.79 Å². The van der Waals surface area contributed by atoms with Crippen LogP contribution in [-0.2, 0) is 9.53 Å². The SMILES string of the molecule is CCOCC(C)NC(=O)C(N)c1ccc(C)cc1. The minimum absolute atomic E-state index is 0.0334. The molecule has 0 radical (unpaired) electrons. The van der Waals surface area contributed by atoms with Crippen molar-refractivity contribution in [2.45, 2.75) is 32.9 Å². The molecule has 0 saturated heterocycles. The lowest BCUT2D eigenvalue weighted by Gasteiger charge is -2.17. The molecule has 0 fully saturated rings. The topological polar surface area (TPSA) is 64.3 Å². The Balaban J connectivity index is 2.53. The van der Waals surface area contributed by atoms with Crippen molar-refractivity contribution in [1.29, 1.82) is 0 Å². The van der Waals surface area contributed by atoms with Crippen molar-refractivity contribution < 1.29 is 9.53 Å². The van der Waals surface area contributed by atoms with Crippen LogP contribution in [0, 0.1) is 6.92 Å². The van der Waals surface area contributed by atoms with E-state index in [2.05, 4.69) is 5.32 Å². The molecule has 4 nitrogen and oxygen atoms in total. The summed E-state index contributed by atoms with van der Waals surface area (Å²) in [5.74, 6) is -0.175. The number of carbonyl (C=O) groups is 1. The Bertz CT molecular complexity index is 376. The van der Waals surface area contributed by atoms with Gasteiger partial charge in [0.15, 0.2) is 0 Å². The number of aryl methyl sites for hydroxylation is 1. The van der Waals surface area contributed by atoms with Gasteiger partial charge in [-0.1, -0.05) is 29.8 Å². The number of amides is 1. The molecule has 1 aromatic carbocycles. The number of nitrogens with two attached hydrogens (primary N) is 1. The van der Waals surface area contributed by atoms with Crippen LogP contribution in [0.5, 0.6) is 0 Å². The van der Waals surface area contributed by atoms with E-state index >= 15 is 0 Å². The molecular formula is C14H22N2O2. The molecule has 0 heterocycles. The van der Waals surface area contributed by atoms with Gasteiger partial charge < -0.3 is 15.8 Å². The molecule has 0 aliphatic carbocycles. The third-order valence-corrected chi connectivity index (χ3v) is 2.68.